The Morgan fingerprint density at radius 2 is 1.25 bits per heavy atom. The second-order valence-electron chi connectivity index (χ2n) is 5.23. The van der Waals surface area contributed by atoms with Crippen molar-refractivity contribution in [2.75, 3.05) is 5.75 Å². The third kappa shape index (κ3) is 2.38. The Bertz CT molecular complexity index is 521. The molecule has 0 spiro atoms. The van der Waals surface area contributed by atoms with Gasteiger partial charge in [-0.3, -0.25) is 0 Å². The Kier molecular flexibility index (Phi) is 3.62. The van der Waals surface area contributed by atoms with E-state index in [1.54, 1.807) is 24.3 Å². The summed E-state index contributed by atoms with van der Waals surface area (Å²) < 4.78 is -0.0559. The third-order valence-corrected chi connectivity index (χ3v) is 5.60. The van der Waals surface area contributed by atoms with E-state index in [-0.39, 0.29) is 4.75 Å². The van der Waals surface area contributed by atoms with Gasteiger partial charge in [-0.2, -0.15) is 0 Å². The highest BCUT2D eigenvalue weighted by atomic mass is 32.2. The van der Waals surface area contributed by atoms with Crippen molar-refractivity contribution in [1.29, 1.82) is 0 Å². The van der Waals surface area contributed by atoms with Gasteiger partial charge in [-0.15, -0.1) is 11.8 Å². The van der Waals surface area contributed by atoms with Crippen molar-refractivity contribution in [2.45, 2.75) is 24.0 Å². The first kappa shape index (κ1) is 13.4. The molecular formula is C17H18O2S. The third-order valence-electron chi connectivity index (χ3n) is 3.94. The van der Waals surface area contributed by atoms with Gasteiger partial charge in [0, 0.05) is 0 Å². The van der Waals surface area contributed by atoms with E-state index < -0.39 is 0 Å². The molecule has 2 aromatic carbocycles. The second kappa shape index (κ2) is 5.41. The van der Waals surface area contributed by atoms with Crippen LogP contribution in [0.1, 0.15) is 30.4 Å². The molecule has 1 saturated heterocycles. The molecule has 2 aromatic rings. The number of rotatable bonds is 2. The average Bonchev–Trinajstić information content (AvgIpc) is 2.49. The lowest BCUT2D eigenvalue weighted by Gasteiger charge is -2.38. The SMILES string of the molecule is Oc1ccc(C2(c3ccc(O)cc3)CCCCS2)cc1. The summed E-state index contributed by atoms with van der Waals surface area (Å²) >= 11 is 1.97. The molecule has 1 aliphatic heterocycles. The first-order valence-corrected chi connectivity index (χ1v) is 7.92. The molecule has 20 heavy (non-hydrogen) atoms. The lowest BCUT2D eigenvalue weighted by Crippen LogP contribution is -2.27. The Morgan fingerprint density at radius 1 is 0.750 bits per heavy atom. The van der Waals surface area contributed by atoms with Gasteiger partial charge in [0.25, 0.3) is 0 Å². The van der Waals surface area contributed by atoms with Crippen LogP contribution >= 0.6 is 11.8 Å². The van der Waals surface area contributed by atoms with E-state index in [1.165, 1.54) is 24.0 Å². The van der Waals surface area contributed by atoms with Crippen LogP contribution in [0, 0.1) is 0 Å². The fraction of sp³-hybridized carbons (Fsp3) is 0.294. The molecular weight excluding hydrogens is 268 g/mol. The quantitative estimate of drug-likeness (QED) is 0.866. The number of hydrogen-bond donors (Lipinski definition) is 2. The minimum Gasteiger partial charge on any atom is -0.508 e. The summed E-state index contributed by atoms with van der Waals surface area (Å²) in [6.07, 6.45) is 3.55. The zero-order valence-corrected chi connectivity index (χ0v) is 12.1. The predicted molar refractivity (Wildman–Crippen MR) is 83.3 cm³/mol. The van der Waals surface area contributed by atoms with Crippen molar-refractivity contribution in [3.63, 3.8) is 0 Å². The number of aromatic hydroxyl groups is 2. The molecule has 0 aliphatic carbocycles. The van der Waals surface area contributed by atoms with Gasteiger partial charge in [0.15, 0.2) is 0 Å². The molecule has 0 unspecified atom stereocenters. The lowest BCUT2D eigenvalue weighted by atomic mass is 9.85. The fourth-order valence-corrected chi connectivity index (χ4v) is 4.47. The monoisotopic (exact) mass is 286 g/mol. The van der Waals surface area contributed by atoms with E-state index >= 15 is 0 Å². The molecule has 2 N–H and O–H groups in total. The van der Waals surface area contributed by atoms with E-state index in [0.717, 1.165) is 12.2 Å². The van der Waals surface area contributed by atoms with Gasteiger partial charge >= 0.3 is 0 Å². The van der Waals surface area contributed by atoms with E-state index in [4.69, 9.17) is 0 Å². The summed E-state index contributed by atoms with van der Waals surface area (Å²) in [5, 5.41) is 19.0. The largest absolute Gasteiger partial charge is 0.508 e. The van der Waals surface area contributed by atoms with Gasteiger partial charge in [0.1, 0.15) is 11.5 Å². The van der Waals surface area contributed by atoms with Crippen LogP contribution < -0.4 is 0 Å². The summed E-state index contributed by atoms with van der Waals surface area (Å²) in [5.74, 6) is 1.74. The Hall–Kier alpha value is -1.61. The van der Waals surface area contributed by atoms with Crippen molar-refractivity contribution >= 4 is 11.8 Å². The molecule has 104 valence electrons. The molecule has 1 heterocycles. The van der Waals surface area contributed by atoms with Crippen LogP contribution in [0.25, 0.3) is 0 Å². The number of phenols is 2. The van der Waals surface area contributed by atoms with Crippen molar-refractivity contribution in [2.24, 2.45) is 0 Å². The van der Waals surface area contributed by atoms with Gasteiger partial charge in [0.05, 0.1) is 4.75 Å². The summed E-state index contributed by atoms with van der Waals surface area (Å²) in [6, 6.07) is 15.1. The van der Waals surface area contributed by atoms with Crippen molar-refractivity contribution in [3.8, 4) is 11.5 Å². The van der Waals surface area contributed by atoms with Gasteiger partial charge in [-0.25, -0.2) is 0 Å². The molecule has 1 fully saturated rings. The van der Waals surface area contributed by atoms with E-state index in [2.05, 4.69) is 0 Å². The normalized spacial score (nSPS) is 17.8. The van der Waals surface area contributed by atoms with Crippen LogP contribution in [0.3, 0.4) is 0 Å². The predicted octanol–water partition coefficient (Wildman–Crippen LogP) is 4.26. The van der Waals surface area contributed by atoms with Gasteiger partial charge in [-0.05, 0) is 54.0 Å². The summed E-state index contributed by atoms with van der Waals surface area (Å²) in [4.78, 5) is 0. The van der Waals surface area contributed by atoms with Gasteiger partial charge in [-0.1, -0.05) is 30.7 Å². The van der Waals surface area contributed by atoms with Crippen LogP contribution in [-0.2, 0) is 4.75 Å². The Labute approximate surface area is 123 Å². The Morgan fingerprint density at radius 3 is 1.65 bits per heavy atom. The van der Waals surface area contributed by atoms with E-state index in [9.17, 15) is 10.2 Å². The number of phenolic OH excluding ortho intramolecular Hbond substituents is 2. The molecule has 2 nitrogen and oxygen atoms in total. The molecule has 3 heteroatoms. The van der Waals surface area contributed by atoms with Gasteiger partial charge < -0.3 is 10.2 Å². The molecule has 3 rings (SSSR count). The maximum Gasteiger partial charge on any atom is 0.115 e. The van der Waals surface area contributed by atoms with Crippen molar-refractivity contribution in [1.82, 2.24) is 0 Å². The zero-order chi connectivity index (χ0) is 14.0. The topological polar surface area (TPSA) is 40.5 Å². The van der Waals surface area contributed by atoms with Crippen molar-refractivity contribution in [3.05, 3.63) is 59.7 Å². The number of hydrogen-bond acceptors (Lipinski definition) is 3. The summed E-state index contributed by atoms with van der Waals surface area (Å²) in [5.41, 5.74) is 2.45. The first-order chi connectivity index (χ1) is 9.71. The van der Waals surface area contributed by atoms with Crippen LogP contribution in [0.4, 0.5) is 0 Å². The molecule has 0 atom stereocenters. The van der Waals surface area contributed by atoms with E-state index in [1.807, 2.05) is 36.0 Å². The smallest absolute Gasteiger partial charge is 0.115 e. The molecule has 1 aliphatic rings. The minimum absolute atomic E-state index is 0.0559. The highest BCUT2D eigenvalue weighted by Crippen LogP contribution is 2.50. The highest BCUT2D eigenvalue weighted by molar-refractivity contribution is 8.00. The second-order valence-corrected chi connectivity index (χ2v) is 6.62. The summed E-state index contributed by atoms with van der Waals surface area (Å²) in [6.45, 7) is 0. The average molecular weight is 286 g/mol. The summed E-state index contributed by atoms with van der Waals surface area (Å²) in [7, 11) is 0. The molecule has 0 saturated carbocycles. The van der Waals surface area contributed by atoms with Crippen molar-refractivity contribution < 1.29 is 10.2 Å². The van der Waals surface area contributed by atoms with E-state index in [0.29, 0.717) is 11.5 Å². The molecule has 0 bridgehead atoms. The van der Waals surface area contributed by atoms with Gasteiger partial charge in [0.2, 0.25) is 0 Å². The number of thioether (sulfide) groups is 1. The maximum atomic E-state index is 9.51. The Balaban J connectivity index is 2.08. The maximum absolute atomic E-state index is 9.51. The first-order valence-electron chi connectivity index (χ1n) is 6.94. The van der Waals surface area contributed by atoms with Crippen LogP contribution in [-0.4, -0.2) is 16.0 Å². The van der Waals surface area contributed by atoms with Crippen LogP contribution in [0.5, 0.6) is 11.5 Å². The van der Waals surface area contributed by atoms with Crippen LogP contribution in [0.15, 0.2) is 48.5 Å². The minimum atomic E-state index is -0.0559. The standard InChI is InChI=1S/C17H18O2S/c18-15-7-3-13(4-8-15)17(11-1-2-12-20-17)14-5-9-16(19)10-6-14/h3-10,18-19H,1-2,11-12H2. The fourth-order valence-electron chi connectivity index (χ4n) is 2.88. The van der Waals surface area contributed by atoms with Crippen LogP contribution in [0.2, 0.25) is 0 Å². The molecule has 0 radical (unpaired) electrons. The lowest BCUT2D eigenvalue weighted by molar-refractivity contribution is 0.474. The number of benzene rings is 2. The molecule has 0 aromatic heterocycles. The molecule has 0 amide bonds. The highest BCUT2D eigenvalue weighted by Gasteiger charge is 2.36. The zero-order valence-electron chi connectivity index (χ0n) is 11.2.